The van der Waals surface area contributed by atoms with Gasteiger partial charge in [-0.05, 0) is 53.9 Å². The first-order chi connectivity index (χ1) is 22.3. The van der Waals surface area contributed by atoms with Gasteiger partial charge in [-0.1, -0.05) is 48.5 Å². The number of hydrogen-bond acceptors (Lipinski definition) is 8. The molecule has 0 bridgehead atoms. The highest BCUT2D eigenvalue weighted by Gasteiger charge is 2.40. The number of nitrogens with zero attached hydrogens (tertiary/aromatic N) is 3. The number of hydrogen-bond donors (Lipinski definition) is 1. The van der Waals surface area contributed by atoms with Crippen LogP contribution in [0.1, 0.15) is 39.9 Å². The number of amides is 4. The maximum Gasteiger partial charge on any atom is 0.419 e. The van der Waals surface area contributed by atoms with Gasteiger partial charge in [0.2, 0.25) is 11.8 Å². The van der Waals surface area contributed by atoms with E-state index in [0.29, 0.717) is 28.3 Å². The number of piperidine rings is 1. The van der Waals surface area contributed by atoms with Gasteiger partial charge in [0.05, 0.1) is 22.8 Å². The third-order valence-corrected chi connectivity index (χ3v) is 7.83. The fourth-order valence-electron chi connectivity index (χ4n) is 5.46. The average Bonchev–Trinajstić information content (AvgIpc) is 3.40. The van der Waals surface area contributed by atoms with Gasteiger partial charge in [-0.25, -0.2) is 9.69 Å². The SMILES string of the molecule is O=C1CC[C@H](N2Cc3c(OCc4ccc(COC(=O)N(c5ccccc5)c5ccc([N+](=O)[O-])cc5)cc4)cccc3C2=O)C(=O)N1. The number of anilines is 2. The van der Waals surface area contributed by atoms with Gasteiger partial charge in [0.15, 0.2) is 0 Å². The Labute approximate surface area is 263 Å². The Kier molecular flexibility index (Phi) is 8.42. The summed E-state index contributed by atoms with van der Waals surface area (Å²) in [5.74, 6) is -0.543. The van der Waals surface area contributed by atoms with Crippen LogP contribution in [0.4, 0.5) is 21.9 Å². The van der Waals surface area contributed by atoms with Crippen molar-refractivity contribution in [1.29, 1.82) is 0 Å². The summed E-state index contributed by atoms with van der Waals surface area (Å²) in [6, 6.07) is 26.3. The van der Waals surface area contributed by atoms with E-state index >= 15 is 0 Å². The van der Waals surface area contributed by atoms with Gasteiger partial charge in [-0.3, -0.25) is 29.8 Å². The topological polar surface area (TPSA) is 148 Å². The molecule has 0 radical (unpaired) electrons. The molecule has 0 unspecified atom stereocenters. The lowest BCUT2D eigenvalue weighted by molar-refractivity contribution is -0.384. The lowest BCUT2D eigenvalue weighted by atomic mass is 10.0. The molecule has 0 aromatic heterocycles. The van der Waals surface area contributed by atoms with E-state index in [1.54, 1.807) is 42.5 Å². The van der Waals surface area contributed by atoms with E-state index in [1.165, 1.54) is 34.1 Å². The average molecular weight is 621 g/mol. The Hall–Kier alpha value is -6.04. The summed E-state index contributed by atoms with van der Waals surface area (Å²) in [6.45, 7) is 0.409. The molecule has 0 spiro atoms. The molecular weight excluding hydrogens is 592 g/mol. The number of nitro benzene ring substituents is 1. The Morgan fingerprint density at radius 3 is 2.22 bits per heavy atom. The molecule has 1 atom stereocenters. The van der Waals surface area contributed by atoms with Crippen molar-refractivity contribution in [3.8, 4) is 5.75 Å². The van der Waals surface area contributed by atoms with E-state index in [0.717, 1.165) is 11.1 Å². The van der Waals surface area contributed by atoms with Gasteiger partial charge < -0.3 is 14.4 Å². The molecule has 0 aliphatic carbocycles. The Morgan fingerprint density at radius 2 is 1.54 bits per heavy atom. The highest BCUT2D eigenvalue weighted by Crippen LogP contribution is 2.34. The Balaban J connectivity index is 1.08. The fourth-order valence-corrected chi connectivity index (χ4v) is 5.46. The molecule has 6 rings (SSSR count). The molecule has 1 saturated heterocycles. The van der Waals surface area contributed by atoms with Crippen LogP contribution >= 0.6 is 0 Å². The molecule has 1 fully saturated rings. The number of rotatable bonds is 9. The minimum atomic E-state index is -0.707. The zero-order valence-corrected chi connectivity index (χ0v) is 24.5. The number of imide groups is 1. The molecule has 46 heavy (non-hydrogen) atoms. The number of benzene rings is 4. The van der Waals surface area contributed by atoms with Crippen LogP contribution in [-0.4, -0.2) is 39.7 Å². The van der Waals surface area contributed by atoms with E-state index < -0.39 is 23.0 Å². The van der Waals surface area contributed by atoms with Gasteiger partial charge in [-0.2, -0.15) is 0 Å². The lowest BCUT2D eigenvalue weighted by Gasteiger charge is -2.29. The van der Waals surface area contributed by atoms with Crippen molar-refractivity contribution in [2.24, 2.45) is 0 Å². The van der Waals surface area contributed by atoms with Gasteiger partial charge in [0.1, 0.15) is 25.0 Å². The van der Waals surface area contributed by atoms with Crippen molar-refractivity contribution >= 4 is 40.9 Å². The van der Waals surface area contributed by atoms with Crippen LogP contribution in [0, 0.1) is 10.1 Å². The van der Waals surface area contributed by atoms with E-state index in [-0.39, 0.29) is 50.1 Å². The predicted molar refractivity (Wildman–Crippen MR) is 165 cm³/mol. The molecule has 12 heteroatoms. The van der Waals surface area contributed by atoms with E-state index in [1.807, 2.05) is 30.3 Å². The standard InChI is InChI=1S/C34H28N4O8/c39-31-18-17-29(32(40)35-31)36-19-28-27(33(36)41)7-4-8-30(28)45-20-22-9-11-23(12-10-22)21-46-34(42)37(24-5-2-1-3-6-24)25-13-15-26(16-14-25)38(43)44/h1-16,29H,17-21H2,(H,35,39,40)/t29-/m0/s1. The first-order valence-corrected chi connectivity index (χ1v) is 14.5. The molecule has 2 aliphatic heterocycles. The summed E-state index contributed by atoms with van der Waals surface area (Å²) >= 11 is 0. The number of non-ortho nitro benzene ring substituents is 1. The molecular formula is C34H28N4O8. The van der Waals surface area contributed by atoms with Crippen LogP contribution in [0.3, 0.4) is 0 Å². The van der Waals surface area contributed by atoms with Crippen LogP contribution in [0.25, 0.3) is 0 Å². The summed E-state index contributed by atoms with van der Waals surface area (Å²) < 4.78 is 11.7. The molecule has 232 valence electrons. The predicted octanol–water partition coefficient (Wildman–Crippen LogP) is 5.41. The van der Waals surface area contributed by atoms with Gasteiger partial charge >= 0.3 is 6.09 Å². The van der Waals surface area contributed by atoms with Crippen molar-refractivity contribution in [3.63, 3.8) is 0 Å². The molecule has 4 aromatic rings. The number of carbonyl (C=O) groups is 4. The molecule has 0 saturated carbocycles. The maximum absolute atomic E-state index is 13.2. The maximum atomic E-state index is 13.2. The number of ether oxygens (including phenoxy) is 2. The van der Waals surface area contributed by atoms with Crippen molar-refractivity contribution < 1.29 is 33.6 Å². The number of carbonyl (C=O) groups excluding carboxylic acids is 4. The molecule has 4 aromatic carbocycles. The molecule has 2 aliphatic rings. The minimum Gasteiger partial charge on any atom is -0.489 e. The van der Waals surface area contributed by atoms with Crippen molar-refractivity contribution in [2.45, 2.75) is 38.6 Å². The van der Waals surface area contributed by atoms with E-state index in [9.17, 15) is 29.3 Å². The summed E-state index contributed by atoms with van der Waals surface area (Å²) in [5, 5.41) is 13.4. The molecule has 1 N–H and O–H groups in total. The summed E-state index contributed by atoms with van der Waals surface area (Å²) in [7, 11) is 0. The number of para-hydroxylation sites is 1. The van der Waals surface area contributed by atoms with Crippen LogP contribution in [-0.2, 0) is 34.1 Å². The van der Waals surface area contributed by atoms with Gasteiger partial charge in [0.25, 0.3) is 11.6 Å². The Morgan fingerprint density at radius 1 is 0.870 bits per heavy atom. The normalized spacial score (nSPS) is 15.6. The second-order valence-corrected chi connectivity index (χ2v) is 10.8. The second kappa shape index (κ2) is 12.9. The first kappa shape index (κ1) is 30.0. The highest BCUT2D eigenvalue weighted by molar-refractivity contribution is 6.05. The van der Waals surface area contributed by atoms with Gasteiger partial charge in [-0.15, -0.1) is 0 Å². The number of nitrogens with one attached hydrogen (secondary N) is 1. The third-order valence-electron chi connectivity index (χ3n) is 7.83. The minimum absolute atomic E-state index is 0.0131. The summed E-state index contributed by atoms with van der Waals surface area (Å²) in [5.41, 5.74) is 3.62. The zero-order chi connectivity index (χ0) is 32.2. The van der Waals surface area contributed by atoms with Crippen molar-refractivity contribution in [2.75, 3.05) is 4.90 Å². The van der Waals surface area contributed by atoms with E-state index in [4.69, 9.17) is 9.47 Å². The summed E-state index contributed by atoms with van der Waals surface area (Å²) in [4.78, 5) is 63.6. The molecule has 4 amide bonds. The van der Waals surface area contributed by atoms with Crippen LogP contribution < -0.4 is 15.0 Å². The summed E-state index contributed by atoms with van der Waals surface area (Å²) in [6.07, 6.45) is -0.185. The van der Waals surface area contributed by atoms with E-state index in [2.05, 4.69) is 5.32 Å². The van der Waals surface area contributed by atoms with Gasteiger partial charge in [0, 0.05) is 29.7 Å². The smallest absolute Gasteiger partial charge is 0.419 e. The highest BCUT2D eigenvalue weighted by atomic mass is 16.6. The first-order valence-electron chi connectivity index (χ1n) is 14.5. The quantitative estimate of drug-likeness (QED) is 0.148. The Bertz CT molecular complexity index is 1810. The van der Waals surface area contributed by atoms with Crippen molar-refractivity contribution in [3.05, 3.63) is 129 Å². The van der Waals surface area contributed by atoms with Crippen LogP contribution in [0.15, 0.2) is 97.1 Å². The fraction of sp³-hybridized carbons (Fsp3) is 0.176. The lowest BCUT2D eigenvalue weighted by Crippen LogP contribution is -2.52. The van der Waals surface area contributed by atoms with Crippen molar-refractivity contribution in [1.82, 2.24) is 10.2 Å². The monoisotopic (exact) mass is 620 g/mol. The third kappa shape index (κ3) is 6.27. The zero-order valence-electron chi connectivity index (χ0n) is 24.5. The van der Waals surface area contributed by atoms with Crippen LogP contribution in [0.5, 0.6) is 5.75 Å². The number of nitro groups is 1. The van der Waals surface area contributed by atoms with Crippen LogP contribution in [0.2, 0.25) is 0 Å². The number of fused-ring (bicyclic) bond motifs is 1. The molecule has 2 heterocycles. The largest absolute Gasteiger partial charge is 0.489 e. The molecule has 12 nitrogen and oxygen atoms in total. The second-order valence-electron chi connectivity index (χ2n) is 10.8.